The van der Waals surface area contributed by atoms with E-state index in [1.807, 2.05) is 23.6 Å². The monoisotopic (exact) mass is 461 g/mol. The fraction of sp³-hybridized carbons (Fsp3) is 0.158. The van der Waals surface area contributed by atoms with Crippen LogP contribution in [0, 0.1) is 0 Å². The van der Waals surface area contributed by atoms with Gasteiger partial charge in [-0.15, -0.1) is 27.8 Å². The molecule has 1 N–H and O–H groups in total. The second-order valence-electron chi connectivity index (χ2n) is 6.07. The lowest BCUT2D eigenvalue weighted by molar-refractivity contribution is -0.115. The Morgan fingerprint density at radius 2 is 2.14 bits per heavy atom. The van der Waals surface area contributed by atoms with Gasteiger partial charge in [-0.2, -0.15) is 0 Å². The Morgan fingerprint density at radius 3 is 2.90 bits per heavy atom. The first-order chi connectivity index (χ1) is 14.1. The molecule has 6 nitrogen and oxygen atoms in total. The van der Waals surface area contributed by atoms with Crippen LogP contribution in [0.25, 0.3) is 0 Å². The van der Waals surface area contributed by atoms with Crippen LogP contribution in [0.5, 0.6) is 0 Å². The van der Waals surface area contributed by atoms with Gasteiger partial charge in [-0.05, 0) is 29.6 Å². The summed E-state index contributed by atoms with van der Waals surface area (Å²) in [4.78, 5) is 24.2. The number of carbonyl (C=O) groups excluding carboxylic acids is 1. The molecule has 0 fully saturated rings. The predicted octanol–water partition coefficient (Wildman–Crippen LogP) is 5.54. The van der Waals surface area contributed by atoms with E-state index in [1.54, 1.807) is 28.4 Å². The predicted molar refractivity (Wildman–Crippen MR) is 119 cm³/mol. The minimum Gasteiger partial charge on any atom is -0.274 e. The second-order valence-corrected chi connectivity index (χ2v) is 9.31. The van der Waals surface area contributed by atoms with Crippen LogP contribution in [0.15, 0.2) is 52.3 Å². The van der Waals surface area contributed by atoms with Crippen LogP contribution < -0.4 is 4.90 Å². The van der Waals surface area contributed by atoms with Gasteiger partial charge in [0.2, 0.25) is 11.1 Å². The summed E-state index contributed by atoms with van der Waals surface area (Å²) in [5, 5.41) is 13.1. The van der Waals surface area contributed by atoms with E-state index in [1.165, 1.54) is 34.9 Å². The van der Waals surface area contributed by atoms with Crippen molar-refractivity contribution in [3.8, 4) is 0 Å². The van der Waals surface area contributed by atoms with E-state index >= 15 is 0 Å². The summed E-state index contributed by atoms with van der Waals surface area (Å²) in [5.74, 6) is 1.35. The fourth-order valence-corrected chi connectivity index (χ4v) is 5.24. The fourth-order valence-electron chi connectivity index (χ4n) is 2.65. The molecule has 29 heavy (non-hydrogen) atoms. The quantitative estimate of drug-likeness (QED) is 0.365. The number of carbonyl (C=O) groups is 1. The summed E-state index contributed by atoms with van der Waals surface area (Å²) in [7, 11) is 0. The number of aromatic amines is 1. The van der Waals surface area contributed by atoms with Crippen molar-refractivity contribution in [1.29, 1.82) is 0 Å². The molecule has 0 bridgehead atoms. The molecule has 4 aromatic rings. The first-order valence-electron chi connectivity index (χ1n) is 8.65. The third-order valence-electron chi connectivity index (χ3n) is 3.89. The molecule has 1 amide bonds. The van der Waals surface area contributed by atoms with E-state index in [0.717, 1.165) is 17.9 Å². The van der Waals surface area contributed by atoms with Gasteiger partial charge in [0.15, 0.2) is 5.13 Å². The molecule has 0 aliphatic rings. The zero-order valence-corrected chi connectivity index (χ0v) is 18.5. The van der Waals surface area contributed by atoms with Crippen LogP contribution in [0.1, 0.15) is 23.3 Å². The van der Waals surface area contributed by atoms with Crippen molar-refractivity contribution in [1.82, 2.24) is 20.2 Å². The number of aromatic nitrogens is 4. The van der Waals surface area contributed by atoms with Crippen LogP contribution in [0.4, 0.5) is 10.8 Å². The molecule has 0 aliphatic carbocycles. The van der Waals surface area contributed by atoms with Crippen molar-refractivity contribution in [2.24, 2.45) is 0 Å². The van der Waals surface area contributed by atoms with Gasteiger partial charge in [-0.1, -0.05) is 35.5 Å². The maximum atomic E-state index is 12.2. The Labute approximate surface area is 185 Å². The first-order valence-corrected chi connectivity index (χ1v) is 11.8. The van der Waals surface area contributed by atoms with Gasteiger partial charge in [0.1, 0.15) is 5.82 Å². The average molecular weight is 462 g/mol. The number of hydrogen-bond donors (Lipinski definition) is 1. The number of amides is 1. The van der Waals surface area contributed by atoms with Crippen LogP contribution >= 0.6 is 46.0 Å². The minimum absolute atomic E-state index is 0.118. The Hall–Kier alpha value is -2.20. The summed E-state index contributed by atoms with van der Waals surface area (Å²) >= 11 is 10.7. The van der Waals surface area contributed by atoms with Crippen LogP contribution in [-0.2, 0) is 17.0 Å². The number of rotatable bonds is 7. The summed E-state index contributed by atoms with van der Waals surface area (Å²) in [5.41, 5.74) is 1.57. The highest BCUT2D eigenvalue weighted by Gasteiger charge is 2.18. The Morgan fingerprint density at radius 1 is 1.24 bits per heavy atom. The van der Waals surface area contributed by atoms with Gasteiger partial charge >= 0.3 is 0 Å². The number of hydrogen-bond acceptors (Lipinski definition) is 7. The number of H-pyrrole nitrogens is 1. The largest absolute Gasteiger partial charge is 0.274 e. The summed E-state index contributed by atoms with van der Waals surface area (Å²) in [6, 6.07) is 11.3. The molecule has 148 valence electrons. The third kappa shape index (κ3) is 5.05. The first kappa shape index (κ1) is 20.1. The lowest BCUT2D eigenvalue weighted by atomic mass is 10.3. The SMILES string of the molecule is CC(=O)N(c1cccc(Cl)c1)c1nc(CSc2n[nH]c(Cc3cccs3)n2)cs1. The molecule has 10 heteroatoms. The van der Waals surface area contributed by atoms with E-state index < -0.39 is 0 Å². The Kier molecular flexibility index (Phi) is 6.29. The van der Waals surface area contributed by atoms with Crippen LogP contribution in [0.2, 0.25) is 5.02 Å². The molecule has 0 radical (unpaired) electrons. The maximum Gasteiger partial charge on any atom is 0.230 e. The third-order valence-corrected chi connectivity index (χ3v) is 6.76. The summed E-state index contributed by atoms with van der Waals surface area (Å²) in [6.45, 7) is 1.51. The number of thiazole rings is 1. The van der Waals surface area contributed by atoms with Gasteiger partial charge in [-0.3, -0.25) is 14.8 Å². The number of thiophene rings is 1. The highest BCUT2D eigenvalue weighted by molar-refractivity contribution is 7.98. The topological polar surface area (TPSA) is 74.8 Å². The van der Waals surface area contributed by atoms with Crippen LogP contribution in [0.3, 0.4) is 0 Å². The van der Waals surface area contributed by atoms with E-state index in [2.05, 4.69) is 31.6 Å². The van der Waals surface area contributed by atoms with Gasteiger partial charge in [0.25, 0.3) is 0 Å². The van der Waals surface area contributed by atoms with E-state index in [4.69, 9.17) is 11.6 Å². The van der Waals surface area contributed by atoms with Gasteiger partial charge in [-0.25, -0.2) is 9.97 Å². The van der Waals surface area contributed by atoms with Crippen molar-refractivity contribution in [2.45, 2.75) is 24.3 Å². The molecule has 3 aromatic heterocycles. The standard InChI is InChI=1S/C19H16ClN5OS3/c1-12(26)25(15-5-2-4-13(20)8-15)19-21-14(11-29-19)10-28-18-22-17(23-24-18)9-16-6-3-7-27-16/h2-8,11H,9-10H2,1H3,(H,22,23,24). The molecule has 0 atom stereocenters. The lowest BCUT2D eigenvalue weighted by Gasteiger charge is -2.18. The smallest absolute Gasteiger partial charge is 0.230 e. The Balaban J connectivity index is 1.42. The molecule has 3 heterocycles. The van der Waals surface area contributed by atoms with Crippen molar-refractivity contribution in [2.75, 3.05) is 4.90 Å². The average Bonchev–Trinajstić information content (AvgIpc) is 3.43. The molecule has 0 saturated carbocycles. The summed E-state index contributed by atoms with van der Waals surface area (Å²) in [6.07, 6.45) is 0.749. The Bertz CT molecular complexity index is 1110. The van der Waals surface area contributed by atoms with Crippen molar-refractivity contribution < 1.29 is 4.79 Å². The highest BCUT2D eigenvalue weighted by atomic mass is 35.5. The lowest BCUT2D eigenvalue weighted by Crippen LogP contribution is -2.22. The second kappa shape index (κ2) is 9.08. The molecular weight excluding hydrogens is 446 g/mol. The van der Waals surface area contributed by atoms with Crippen LogP contribution in [-0.4, -0.2) is 26.1 Å². The normalized spacial score (nSPS) is 11.0. The van der Waals surface area contributed by atoms with E-state index in [9.17, 15) is 4.79 Å². The zero-order chi connectivity index (χ0) is 20.2. The number of nitrogens with zero attached hydrogens (tertiary/aromatic N) is 4. The molecule has 0 saturated heterocycles. The van der Waals surface area contributed by atoms with Crippen molar-refractivity contribution in [3.05, 3.63) is 68.6 Å². The van der Waals surface area contributed by atoms with Crippen molar-refractivity contribution in [3.63, 3.8) is 0 Å². The number of halogens is 1. The number of nitrogens with one attached hydrogen (secondary N) is 1. The summed E-state index contributed by atoms with van der Waals surface area (Å²) < 4.78 is 0. The number of anilines is 2. The maximum absolute atomic E-state index is 12.2. The highest BCUT2D eigenvalue weighted by Crippen LogP contribution is 2.32. The van der Waals surface area contributed by atoms with E-state index in [-0.39, 0.29) is 5.91 Å². The van der Waals surface area contributed by atoms with Gasteiger partial charge < -0.3 is 0 Å². The van der Waals surface area contributed by atoms with Gasteiger partial charge in [0, 0.05) is 34.4 Å². The number of benzene rings is 1. The molecule has 0 unspecified atom stereocenters. The molecule has 0 spiro atoms. The number of thioether (sulfide) groups is 1. The minimum atomic E-state index is -0.118. The van der Waals surface area contributed by atoms with E-state index in [0.29, 0.717) is 26.8 Å². The zero-order valence-electron chi connectivity index (χ0n) is 15.3. The molecule has 4 rings (SSSR count). The molecule has 1 aromatic carbocycles. The van der Waals surface area contributed by atoms with Crippen molar-refractivity contribution >= 4 is 62.8 Å². The van der Waals surface area contributed by atoms with Gasteiger partial charge in [0.05, 0.1) is 11.4 Å². The molecular formula is C19H16ClN5OS3. The molecule has 0 aliphatic heterocycles.